The molecule has 4 nitrogen and oxygen atoms in total. The van der Waals surface area contributed by atoms with Gasteiger partial charge >= 0.3 is 0 Å². The van der Waals surface area contributed by atoms with Crippen LogP contribution in [0.2, 0.25) is 0 Å². The van der Waals surface area contributed by atoms with Gasteiger partial charge in [0.2, 0.25) is 5.91 Å². The third kappa shape index (κ3) is 3.41. The summed E-state index contributed by atoms with van der Waals surface area (Å²) in [6.07, 6.45) is 7.79. The molecule has 3 aliphatic rings. The fraction of sp³-hybridized carbons (Fsp3) is 0.579. The van der Waals surface area contributed by atoms with E-state index in [4.69, 9.17) is 12.2 Å². The Morgan fingerprint density at radius 1 is 1.04 bits per heavy atom. The Balaban J connectivity index is 1.41. The van der Waals surface area contributed by atoms with Crippen LogP contribution in [0.15, 0.2) is 30.3 Å². The predicted octanol–water partition coefficient (Wildman–Crippen LogP) is 3.30. The van der Waals surface area contributed by atoms with Crippen molar-refractivity contribution in [1.29, 1.82) is 0 Å². The molecule has 1 aromatic carbocycles. The van der Waals surface area contributed by atoms with E-state index < -0.39 is 0 Å². The number of anilines is 1. The Labute approximate surface area is 149 Å². The van der Waals surface area contributed by atoms with E-state index in [2.05, 4.69) is 15.5 Å². The van der Waals surface area contributed by atoms with Crippen molar-refractivity contribution in [2.75, 3.05) is 5.32 Å². The normalized spacial score (nSPS) is 29.0. The third-order valence-corrected chi connectivity index (χ3v) is 5.84. The second-order valence-corrected chi connectivity index (χ2v) is 7.78. The van der Waals surface area contributed by atoms with Gasteiger partial charge in [0, 0.05) is 29.7 Å². The highest BCUT2D eigenvalue weighted by atomic mass is 32.1. The first-order chi connectivity index (χ1) is 11.7. The largest absolute Gasteiger partial charge is 0.353 e. The molecule has 1 aliphatic carbocycles. The second kappa shape index (κ2) is 6.71. The number of nitrogens with zero attached hydrogens (tertiary/aromatic N) is 1. The summed E-state index contributed by atoms with van der Waals surface area (Å²) in [6.45, 7) is 0. The minimum Gasteiger partial charge on any atom is -0.353 e. The molecule has 2 heterocycles. The standard InChI is InChI=1S/C19H25N3OS/c23-18(13-9-10-13)20-15-11-16-7-4-8-17(12-15)22(16)19(24)21-14-5-2-1-3-6-14/h1-3,5-6,13,15-17H,4,7-12H2,(H,20,23)(H,21,24)/t16-,17-/m1/s1. The lowest BCUT2D eigenvalue weighted by atomic mass is 9.82. The molecule has 1 amide bonds. The topological polar surface area (TPSA) is 44.4 Å². The Morgan fingerprint density at radius 2 is 1.71 bits per heavy atom. The van der Waals surface area contributed by atoms with Crippen molar-refractivity contribution in [3.05, 3.63) is 30.3 Å². The fourth-order valence-electron chi connectivity index (χ4n) is 4.20. The van der Waals surface area contributed by atoms with Gasteiger partial charge in [0.05, 0.1) is 0 Å². The maximum Gasteiger partial charge on any atom is 0.223 e. The predicted molar refractivity (Wildman–Crippen MR) is 99.8 cm³/mol. The van der Waals surface area contributed by atoms with Gasteiger partial charge in [0.15, 0.2) is 5.11 Å². The Bertz CT molecular complexity index is 602. The van der Waals surface area contributed by atoms with Crippen LogP contribution in [0, 0.1) is 5.92 Å². The number of amides is 1. The van der Waals surface area contributed by atoms with E-state index in [0.29, 0.717) is 24.0 Å². The van der Waals surface area contributed by atoms with Crippen LogP contribution in [0.1, 0.15) is 44.9 Å². The van der Waals surface area contributed by atoms with E-state index in [1.165, 1.54) is 19.3 Å². The van der Waals surface area contributed by atoms with Crippen LogP contribution in [0.4, 0.5) is 5.69 Å². The maximum atomic E-state index is 12.1. The van der Waals surface area contributed by atoms with Crippen molar-refractivity contribution >= 4 is 28.9 Å². The maximum absolute atomic E-state index is 12.1. The van der Waals surface area contributed by atoms with Gasteiger partial charge in [0.1, 0.15) is 0 Å². The quantitative estimate of drug-likeness (QED) is 0.827. The minimum absolute atomic E-state index is 0.275. The molecule has 128 valence electrons. The lowest BCUT2D eigenvalue weighted by molar-refractivity contribution is -0.123. The number of para-hydroxylation sites is 1. The summed E-state index contributed by atoms with van der Waals surface area (Å²) >= 11 is 5.72. The Morgan fingerprint density at radius 3 is 2.33 bits per heavy atom. The molecule has 0 radical (unpaired) electrons. The van der Waals surface area contributed by atoms with Gasteiger partial charge in [-0.1, -0.05) is 18.2 Å². The van der Waals surface area contributed by atoms with Crippen molar-refractivity contribution in [3.63, 3.8) is 0 Å². The van der Waals surface area contributed by atoms with Gasteiger partial charge in [-0.15, -0.1) is 0 Å². The SMILES string of the molecule is O=C(NC1C[C@H]2CCC[C@H](C1)N2C(=S)Nc1ccccc1)C1CC1. The highest BCUT2D eigenvalue weighted by Crippen LogP contribution is 2.36. The van der Waals surface area contributed by atoms with Crippen LogP contribution in [0.25, 0.3) is 0 Å². The summed E-state index contributed by atoms with van der Waals surface area (Å²) in [5.41, 5.74) is 1.05. The average molecular weight is 343 g/mol. The van der Waals surface area contributed by atoms with Crippen molar-refractivity contribution < 1.29 is 4.79 Å². The van der Waals surface area contributed by atoms with E-state index >= 15 is 0 Å². The van der Waals surface area contributed by atoms with E-state index in [1.54, 1.807) is 0 Å². The number of fused-ring (bicyclic) bond motifs is 2. The van der Waals surface area contributed by atoms with Crippen LogP contribution < -0.4 is 10.6 Å². The van der Waals surface area contributed by atoms with Gasteiger partial charge in [-0.25, -0.2) is 0 Å². The number of carbonyl (C=O) groups is 1. The monoisotopic (exact) mass is 343 g/mol. The molecule has 1 aromatic rings. The summed E-state index contributed by atoms with van der Waals surface area (Å²) in [5, 5.41) is 7.52. The summed E-state index contributed by atoms with van der Waals surface area (Å²) in [4.78, 5) is 14.5. The van der Waals surface area contributed by atoms with Crippen molar-refractivity contribution in [1.82, 2.24) is 10.2 Å². The molecule has 4 rings (SSSR count). The second-order valence-electron chi connectivity index (χ2n) is 7.39. The van der Waals surface area contributed by atoms with Gasteiger partial charge in [-0.05, 0) is 69.3 Å². The minimum atomic E-state index is 0.275. The third-order valence-electron chi connectivity index (χ3n) is 5.53. The van der Waals surface area contributed by atoms with Gasteiger partial charge in [-0.3, -0.25) is 4.79 Å². The molecule has 0 aromatic heterocycles. The van der Waals surface area contributed by atoms with Crippen LogP contribution >= 0.6 is 12.2 Å². The summed E-state index contributed by atoms with van der Waals surface area (Å²) in [7, 11) is 0. The molecule has 3 fully saturated rings. The molecule has 2 N–H and O–H groups in total. The van der Waals surface area contributed by atoms with Gasteiger partial charge in [-0.2, -0.15) is 0 Å². The highest BCUT2D eigenvalue weighted by Gasteiger charge is 2.41. The number of hydrogen-bond acceptors (Lipinski definition) is 2. The van der Waals surface area contributed by atoms with Crippen LogP contribution in [-0.4, -0.2) is 34.0 Å². The number of hydrogen-bond donors (Lipinski definition) is 2. The lowest BCUT2D eigenvalue weighted by Crippen LogP contribution is -2.59. The van der Waals surface area contributed by atoms with Crippen molar-refractivity contribution in [3.8, 4) is 0 Å². The molecule has 0 spiro atoms. The molecule has 2 saturated heterocycles. The zero-order valence-corrected chi connectivity index (χ0v) is 14.7. The van der Waals surface area contributed by atoms with Crippen LogP contribution in [0.3, 0.4) is 0 Å². The van der Waals surface area contributed by atoms with Crippen LogP contribution in [0.5, 0.6) is 0 Å². The summed E-state index contributed by atoms with van der Waals surface area (Å²) < 4.78 is 0. The smallest absolute Gasteiger partial charge is 0.223 e. The van der Waals surface area contributed by atoms with E-state index in [1.807, 2.05) is 30.3 Å². The number of piperidine rings is 2. The number of carbonyl (C=O) groups excluding carboxylic acids is 1. The molecule has 5 heteroatoms. The van der Waals surface area contributed by atoms with Crippen molar-refractivity contribution in [2.24, 2.45) is 5.92 Å². The average Bonchev–Trinajstić information content (AvgIpc) is 3.40. The van der Waals surface area contributed by atoms with Gasteiger partial charge in [0.25, 0.3) is 0 Å². The fourth-order valence-corrected chi connectivity index (χ4v) is 4.62. The molecule has 2 bridgehead atoms. The van der Waals surface area contributed by atoms with Crippen LogP contribution in [-0.2, 0) is 4.79 Å². The first-order valence-corrected chi connectivity index (χ1v) is 9.56. The summed E-state index contributed by atoms with van der Waals surface area (Å²) in [5.74, 6) is 0.570. The van der Waals surface area contributed by atoms with Gasteiger partial charge < -0.3 is 15.5 Å². The molecular formula is C19H25N3OS. The molecular weight excluding hydrogens is 318 g/mol. The number of rotatable bonds is 3. The number of thiocarbonyl (C=S) groups is 1. The summed E-state index contributed by atoms with van der Waals surface area (Å²) in [6, 6.07) is 11.4. The molecule has 24 heavy (non-hydrogen) atoms. The molecule has 2 atom stereocenters. The van der Waals surface area contributed by atoms with E-state index in [0.717, 1.165) is 36.5 Å². The molecule has 1 saturated carbocycles. The zero-order valence-electron chi connectivity index (χ0n) is 13.9. The first kappa shape index (κ1) is 15.9. The number of benzene rings is 1. The lowest BCUT2D eigenvalue weighted by Gasteiger charge is -2.50. The van der Waals surface area contributed by atoms with E-state index in [9.17, 15) is 4.79 Å². The first-order valence-electron chi connectivity index (χ1n) is 9.15. The zero-order chi connectivity index (χ0) is 16.5. The Hall–Kier alpha value is -1.62. The van der Waals surface area contributed by atoms with Crippen molar-refractivity contribution in [2.45, 2.75) is 63.1 Å². The van der Waals surface area contributed by atoms with E-state index in [-0.39, 0.29) is 5.91 Å². The number of nitrogens with one attached hydrogen (secondary N) is 2. The molecule has 2 aliphatic heterocycles. The Kier molecular flexibility index (Phi) is 4.44. The molecule has 0 unspecified atom stereocenters. The highest BCUT2D eigenvalue weighted by molar-refractivity contribution is 7.80.